The van der Waals surface area contributed by atoms with Crippen LogP contribution < -0.4 is 10.1 Å². The van der Waals surface area contributed by atoms with Crippen molar-refractivity contribution >= 4 is 23.4 Å². The highest BCUT2D eigenvalue weighted by molar-refractivity contribution is 6.31. The smallest absolute Gasteiger partial charge is 0.243 e. The molecule has 0 saturated heterocycles. The summed E-state index contributed by atoms with van der Waals surface area (Å²) in [5.74, 6) is -0.541. The molecule has 0 heterocycles. The summed E-state index contributed by atoms with van der Waals surface area (Å²) < 4.78 is 19.6. The van der Waals surface area contributed by atoms with Crippen molar-refractivity contribution in [2.75, 3.05) is 7.11 Å². The number of hydrogen-bond acceptors (Lipinski definition) is 3. The van der Waals surface area contributed by atoms with Crippen LogP contribution in [0.4, 0.5) is 4.39 Å². The van der Waals surface area contributed by atoms with Crippen molar-refractivity contribution in [3.63, 3.8) is 0 Å². The molecule has 0 aliphatic rings. The molecule has 168 valence electrons. The first-order valence-electron chi connectivity index (χ1n) is 10.2. The quantitative estimate of drug-likeness (QED) is 0.633. The highest BCUT2D eigenvalue weighted by atomic mass is 35.5. The van der Waals surface area contributed by atoms with Gasteiger partial charge in [0.05, 0.1) is 13.5 Å². The molecule has 0 fully saturated rings. The maximum Gasteiger partial charge on any atom is 0.243 e. The zero-order valence-electron chi connectivity index (χ0n) is 18.7. The summed E-state index contributed by atoms with van der Waals surface area (Å²) in [6.45, 7) is 7.66. The van der Waals surface area contributed by atoms with Gasteiger partial charge in [-0.3, -0.25) is 9.59 Å². The number of nitrogens with one attached hydrogen (secondary N) is 1. The van der Waals surface area contributed by atoms with Crippen LogP contribution in [0.15, 0.2) is 42.5 Å². The minimum absolute atomic E-state index is 0.121. The predicted octanol–water partition coefficient (Wildman–Crippen LogP) is 4.75. The molecular formula is C24H30ClFN2O3. The standard InChI is InChI=1S/C24H30ClFN2O3/c1-6-21(23(30)27-24(2,3)4)28(15-16-9-7-10-17(13-16)31-5)22(29)14-18-19(25)11-8-12-20(18)26/h7-13,21H,6,14-15H2,1-5H3,(H,27,30). The van der Waals surface area contributed by atoms with Gasteiger partial charge in [0.1, 0.15) is 17.6 Å². The van der Waals surface area contributed by atoms with Crippen LogP contribution in [-0.4, -0.2) is 35.4 Å². The van der Waals surface area contributed by atoms with Crippen molar-refractivity contribution in [3.05, 3.63) is 64.4 Å². The molecule has 2 aromatic carbocycles. The van der Waals surface area contributed by atoms with Gasteiger partial charge in [0, 0.05) is 22.7 Å². The normalized spacial score (nSPS) is 12.2. The third-order valence-corrected chi connectivity index (χ3v) is 5.11. The van der Waals surface area contributed by atoms with Gasteiger partial charge in [-0.15, -0.1) is 0 Å². The topological polar surface area (TPSA) is 58.6 Å². The third kappa shape index (κ3) is 6.96. The van der Waals surface area contributed by atoms with E-state index in [0.717, 1.165) is 5.56 Å². The lowest BCUT2D eigenvalue weighted by Gasteiger charge is -2.33. The SMILES string of the molecule is CCC(C(=O)NC(C)(C)C)N(Cc1cccc(OC)c1)C(=O)Cc1c(F)cccc1Cl. The number of benzene rings is 2. The lowest BCUT2D eigenvalue weighted by molar-refractivity contribution is -0.141. The zero-order chi connectivity index (χ0) is 23.2. The van der Waals surface area contributed by atoms with Crippen molar-refractivity contribution in [3.8, 4) is 5.75 Å². The van der Waals surface area contributed by atoms with Gasteiger partial charge in [0.15, 0.2) is 0 Å². The number of amides is 2. The minimum atomic E-state index is -0.719. The molecule has 7 heteroatoms. The molecule has 2 aromatic rings. The van der Waals surface area contributed by atoms with Gasteiger partial charge in [0.25, 0.3) is 0 Å². The highest BCUT2D eigenvalue weighted by Gasteiger charge is 2.31. The zero-order valence-corrected chi connectivity index (χ0v) is 19.4. The predicted molar refractivity (Wildman–Crippen MR) is 121 cm³/mol. The lowest BCUT2D eigenvalue weighted by Crippen LogP contribution is -2.53. The molecule has 2 amide bonds. The number of carbonyl (C=O) groups excluding carboxylic acids is 2. The van der Waals surface area contributed by atoms with E-state index < -0.39 is 17.4 Å². The van der Waals surface area contributed by atoms with E-state index in [2.05, 4.69) is 5.32 Å². The summed E-state index contributed by atoms with van der Waals surface area (Å²) in [5.41, 5.74) is 0.467. The van der Waals surface area contributed by atoms with Crippen molar-refractivity contribution in [1.82, 2.24) is 10.2 Å². The molecule has 0 aliphatic heterocycles. The summed E-state index contributed by atoms with van der Waals surface area (Å²) in [6.07, 6.45) is 0.164. The molecule has 5 nitrogen and oxygen atoms in total. The molecule has 1 atom stereocenters. The average Bonchev–Trinajstić information content (AvgIpc) is 2.69. The van der Waals surface area contributed by atoms with Crippen LogP contribution in [0.25, 0.3) is 0 Å². The van der Waals surface area contributed by atoms with E-state index in [-0.39, 0.29) is 35.4 Å². The Bertz CT molecular complexity index is 907. The fraction of sp³-hybridized carbons (Fsp3) is 0.417. The molecule has 31 heavy (non-hydrogen) atoms. The van der Waals surface area contributed by atoms with Crippen molar-refractivity contribution < 1.29 is 18.7 Å². The Labute approximate surface area is 188 Å². The summed E-state index contributed by atoms with van der Waals surface area (Å²) in [5, 5.41) is 3.13. The first-order valence-corrected chi connectivity index (χ1v) is 10.6. The van der Waals surface area contributed by atoms with Crippen LogP contribution in [-0.2, 0) is 22.6 Å². The van der Waals surface area contributed by atoms with Gasteiger partial charge in [-0.2, -0.15) is 0 Å². The first kappa shape index (κ1) is 24.7. The largest absolute Gasteiger partial charge is 0.497 e. The second-order valence-corrected chi connectivity index (χ2v) is 8.82. The second kappa shape index (κ2) is 10.6. The summed E-state index contributed by atoms with van der Waals surface area (Å²) in [7, 11) is 1.56. The molecule has 0 saturated carbocycles. The number of ether oxygens (including phenoxy) is 1. The highest BCUT2D eigenvalue weighted by Crippen LogP contribution is 2.23. The van der Waals surface area contributed by atoms with E-state index in [9.17, 15) is 14.0 Å². The van der Waals surface area contributed by atoms with Crippen LogP contribution in [0.1, 0.15) is 45.2 Å². The van der Waals surface area contributed by atoms with E-state index in [0.29, 0.717) is 12.2 Å². The number of hydrogen-bond donors (Lipinski definition) is 1. The fourth-order valence-corrected chi connectivity index (χ4v) is 3.52. The van der Waals surface area contributed by atoms with Crippen LogP contribution >= 0.6 is 11.6 Å². The van der Waals surface area contributed by atoms with Gasteiger partial charge in [0.2, 0.25) is 11.8 Å². The Hall–Kier alpha value is -2.60. The average molecular weight is 449 g/mol. The molecule has 0 aliphatic carbocycles. The van der Waals surface area contributed by atoms with Gasteiger partial charge >= 0.3 is 0 Å². The van der Waals surface area contributed by atoms with Crippen LogP contribution in [0.2, 0.25) is 5.02 Å². The Kier molecular flexibility index (Phi) is 8.45. The van der Waals surface area contributed by atoms with Crippen LogP contribution in [0.3, 0.4) is 0 Å². The Balaban J connectivity index is 2.39. The number of carbonyl (C=O) groups is 2. The Morgan fingerprint density at radius 3 is 2.45 bits per heavy atom. The van der Waals surface area contributed by atoms with E-state index in [1.54, 1.807) is 19.2 Å². The monoisotopic (exact) mass is 448 g/mol. The molecule has 1 unspecified atom stereocenters. The summed E-state index contributed by atoms with van der Waals surface area (Å²) in [6, 6.07) is 10.9. The third-order valence-electron chi connectivity index (χ3n) is 4.76. The number of halogens is 2. The fourth-order valence-electron chi connectivity index (χ4n) is 3.29. The van der Waals surface area contributed by atoms with E-state index in [1.165, 1.54) is 17.0 Å². The van der Waals surface area contributed by atoms with Crippen LogP contribution in [0, 0.1) is 5.82 Å². The lowest BCUT2D eigenvalue weighted by atomic mass is 10.0. The van der Waals surface area contributed by atoms with Crippen molar-refractivity contribution in [1.29, 1.82) is 0 Å². The van der Waals surface area contributed by atoms with Gasteiger partial charge in [-0.1, -0.05) is 36.7 Å². The van der Waals surface area contributed by atoms with Gasteiger partial charge in [-0.05, 0) is 57.0 Å². The maximum absolute atomic E-state index is 14.3. The molecule has 0 aromatic heterocycles. The van der Waals surface area contributed by atoms with E-state index in [4.69, 9.17) is 16.3 Å². The minimum Gasteiger partial charge on any atom is -0.497 e. The second-order valence-electron chi connectivity index (χ2n) is 8.41. The summed E-state index contributed by atoms with van der Waals surface area (Å²) >= 11 is 6.13. The van der Waals surface area contributed by atoms with E-state index >= 15 is 0 Å². The summed E-state index contributed by atoms with van der Waals surface area (Å²) in [4.78, 5) is 27.8. The first-order chi connectivity index (χ1) is 14.6. The van der Waals surface area contributed by atoms with Crippen molar-refractivity contribution in [2.24, 2.45) is 0 Å². The van der Waals surface area contributed by atoms with Gasteiger partial charge in [-0.25, -0.2) is 4.39 Å². The molecular weight excluding hydrogens is 419 g/mol. The molecule has 0 spiro atoms. The van der Waals surface area contributed by atoms with Crippen molar-refractivity contribution in [2.45, 2.75) is 58.7 Å². The van der Waals surface area contributed by atoms with Gasteiger partial charge < -0.3 is 15.0 Å². The molecule has 2 rings (SSSR count). The Morgan fingerprint density at radius 1 is 1.19 bits per heavy atom. The number of methoxy groups -OCH3 is 1. The molecule has 0 bridgehead atoms. The molecule has 0 radical (unpaired) electrons. The van der Waals surface area contributed by atoms with Crippen LogP contribution in [0.5, 0.6) is 5.75 Å². The Morgan fingerprint density at radius 2 is 1.87 bits per heavy atom. The van der Waals surface area contributed by atoms with E-state index in [1.807, 2.05) is 45.9 Å². The number of rotatable bonds is 8. The number of nitrogens with zero attached hydrogens (tertiary/aromatic N) is 1. The maximum atomic E-state index is 14.3. The molecule has 1 N–H and O–H groups in total.